The summed E-state index contributed by atoms with van der Waals surface area (Å²) >= 11 is 5.06. The number of nitrogen functional groups attached to an aromatic ring is 1. The Morgan fingerprint density at radius 2 is 2.00 bits per heavy atom. The first kappa shape index (κ1) is 17.5. The molecule has 128 valence electrons. The molecule has 2 aromatic rings. The molecule has 2 rings (SSSR count). The highest BCUT2D eigenvalue weighted by Crippen LogP contribution is 2.03. The van der Waals surface area contributed by atoms with E-state index in [1.54, 1.807) is 0 Å². The van der Waals surface area contributed by atoms with Crippen molar-refractivity contribution in [1.82, 2.24) is 25.3 Å². The van der Waals surface area contributed by atoms with E-state index in [0.717, 1.165) is 21.5 Å². The van der Waals surface area contributed by atoms with Gasteiger partial charge >= 0.3 is 5.69 Å². The van der Waals surface area contributed by atoms with Crippen molar-refractivity contribution in [3.8, 4) is 0 Å². The maximum Gasteiger partial charge on any atom is 0.365 e. The van der Waals surface area contributed by atoms with Crippen LogP contribution < -0.4 is 27.7 Å². The van der Waals surface area contributed by atoms with E-state index in [9.17, 15) is 9.59 Å². The smallest absolute Gasteiger partial charge is 0.333 e. The van der Waals surface area contributed by atoms with Gasteiger partial charge in [-0.2, -0.15) is 9.77 Å². The van der Waals surface area contributed by atoms with E-state index in [-0.39, 0.29) is 11.7 Å². The molecule has 0 fully saturated rings. The number of nitrogens with zero attached hydrogens (tertiary/aromatic N) is 3. The van der Waals surface area contributed by atoms with E-state index in [1.165, 1.54) is 0 Å². The lowest BCUT2D eigenvalue weighted by atomic mass is 10.3. The fourth-order valence-corrected chi connectivity index (χ4v) is 2.12. The van der Waals surface area contributed by atoms with Crippen molar-refractivity contribution >= 4 is 28.9 Å². The average molecular weight is 349 g/mol. The Labute approximate surface area is 143 Å². The van der Waals surface area contributed by atoms with Gasteiger partial charge in [-0.25, -0.2) is 9.48 Å². The number of nitrogens with two attached hydrogens (primary N) is 1. The second-order valence-electron chi connectivity index (χ2n) is 4.97. The zero-order chi connectivity index (χ0) is 17.5. The molecule has 0 atom stereocenters. The first-order chi connectivity index (χ1) is 11.5. The van der Waals surface area contributed by atoms with Gasteiger partial charge in [0, 0.05) is 12.1 Å². The predicted octanol–water partition coefficient (Wildman–Crippen LogP) is -0.271. The average Bonchev–Trinajstić information content (AvgIpc) is 2.82. The molecule has 0 unspecified atom stereocenters. The Bertz CT molecular complexity index is 769. The summed E-state index contributed by atoms with van der Waals surface area (Å²) in [5, 5.41) is 7.16. The standard InChI is InChI=1S/C14H19N7O2S/c1-2-6-11-19-20(14(23)21(11)15)9-12(22)17-18-13(24)16-10-7-4-3-5-8-10/h3-5,7-8H,2,6,9,15H2,1H3,(H,17,22)(H2,16,18,24). The Kier molecular flexibility index (Phi) is 5.90. The van der Waals surface area contributed by atoms with Crippen LogP contribution in [0, 0.1) is 0 Å². The third-order valence-corrected chi connectivity index (χ3v) is 3.26. The molecule has 5 N–H and O–H groups in total. The number of hydrogen-bond acceptors (Lipinski definition) is 5. The number of carbonyl (C=O) groups is 1. The van der Waals surface area contributed by atoms with Gasteiger partial charge in [-0.1, -0.05) is 25.1 Å². The SMILES string of the molecule is CCCc1nn(CC(=O)NNC(=S)Nc2ccccc2)c(=O)n1N. The first-order valence-corrected chi connectivity index (χ1v) is 7.76. The molecule has 0 aliphatic heterocycles. The van der Waals surface area contributed by atoms with Crippen molar-refractivity contribution in [1.29, 1.82) is 0 Å². The molecule has 1 amide bonds. The van der Waals surface area contributed by atoms with E-state index in [4.69, 9.17) is 18.1 Å². The molecule has 1 aromatic carbocycles. The summed E-state index contributed by atoms with van der Waals surface area (Å²) in [5.41, 5.74) is 5.19. The summed E-state index contributed by atoms with van der Waals surface area (Å²) in [4.78, 5) is 23.8. The number of rotatable bonds is 5. The van der Waals surface area contributed by atoms with Gasteiger partial charge in [-0.15, -0.1) is 0 Å². The molecule has 0 saturated carbocycles. The van der Waals surface area contributed by atoms with Gasteiger partial charge in [0.2, 0.25) is 0 Å². The summed E-state index contributed by atoms with van der Waals surface area (Å²) in [6, 6.07) is 9.25. The summed E-state index contributed by atoms with van der Waals surface area (Å²) in [6.07, 6.45) is 1.35. The number of hydrogen-bond donors (Lipinski definition) is 4. The third-order valence-electron chi connectivity index (χ3n) is 3.06. The van der Waals surface area contributed by atoms with Crippen molar-refractivity contribution in [2.45, 2.75) is 26.3 Å². The summed E-state index contributed by atoms with van der Waals surface area (Å²) in [7, 11) is 0. The van der Waals surface area contributed by atoms with Crippen molar-refractivity contribution in [3.63, 3.8) is 0 Å². The molecule has 0 spiro atoms. The molecular formula is C14H19N7O2S. The minimum absolute atomic E-state index is 0.220. The molecule has 1 heterocycles. The van der Waals surface area contributed by atoms with E-state index in [1.807, 2.05) is 37.3 Å². The van der Waals surface area contributed by atoms with Crippen LogP contribution in [0.1, 0.15) is 19.2 Å². The minimum atomic E-state index is -0.543. The molecule has 24 heavy (non-hydrogen) atoms. The van der Waals surface area contributed by atoms with Crippen LogP contribution in [0.2, 0.25) is 0 Å². The second kappa shape index (κ2) is 8.11. The number of nitrogens with one attached hydrogen (secondary N) is 3. The molecule has 10 heteroatoms. The number of anilines is 1. The van der Waals surface area contributed by atoms with Crippen LogP contribution in [0.25, 0.3) is 0 Å². The normalized spacial score (nSPS) is 10.2. The molecular weight excluding hydrogens is 330 g/mol. The van der Waals surface area contributed by atoms with Crippen LogP contribution >= 0.6 is 12.2 Å². The minimum Gasteiger partial charge on any atom is -0.333 e. The molecule has 0 aliphatic carbocycles. The van der Waals surface area contributed by atoms with Gasteiger partial charge in [-0.05, 0) is 30.8 Å². The molecule has 1 aromatic heterocycles. The van der Waals surface area contributed by atoms with Gasteiger partial charge in [0.25, 0.3) is 5.91 Å². The van der Waals surface area contributed by atoms with Crippen LogP contribution in [0.4, 0.5) is 5.69 Å². The Morgan fingerprint density at radius 3 is 2.67 bits per heavy atom. The van der Waals surface area contributed by atoms with Crippen LogP contribution in [0.5, 0.6) is 0 Å². The molecule has 0 saturated heterocycles. The number of benzene rings is 1. The van der Waals surface area contributed by atoms with E-state index in [2.05, 4.69) is 21.3 Å². The zero-order valence-electron chi connectivity index (χ0n) is 13.2. The van der Waals surface area contributed by atoms with E-state index < -0.39 is 11.6 Å². The van der Waals surface area contributed by atoms with Crippen molar-refractivity contribution in [2.75, 3.05) is 11.2 Å². The summed E-state index contributed by atoms with van der Waals surface area (Å²) in [6.45, 7) is 1.68. The molecule has 0 bridgehead atoms. The number of para-hydroxylation sites is 1. The fraction of sp³-hybridized carbons (Fsp3) is 0.286. The van der Waals surface area contributed by atoms with Crippen molar-refractivity contribution in [3.05, 3.63) is 46.6 Å². The zero-order valence-corrected chi connectivity index (χ0v) is 14.0. The van der Waals surface area contributed by atoms with Gasteiger partial charge in [0.05, 0.1) is 0 Å². The Balaban J connectivity index is 1.86. The highest BCUT2D eigenvalue weighted by atomic mass is 32.1. The lowest BCUT2D eigenvalue weighted by molar-refractivity contribution is -0.122. The lowest BCUT2D eigenvalue weighted by Gasteiger charge is -2.11. The van der Waals surface area contributed by atoms with Crippen LogP contribution in [-0.4, -0.2) is 25.5 Å². The van der Waals surface area contributed by atoms with Gasteiger partial charge in [0.1, 0.15) is 6.54 Å². The number of carbonyl (C=O) groups excluding carboxylic acids is 1. The maximum absolute atomic E-state index is 11.9. The molecule has 0 radical (unpaired) electrons. The highest BCUT2D eigenvalue weighted by molar-refractivity contribution is 7.80. The third kappa shape index (κ3) is 4.56. The topological polar surface area (TPSA) is 119 Å². The first-order valence-electron chi connectivity index (χ1n) is 7.36. The largest absolute Gasteiger partial charge is 0.365 e. The molecule has 0 aliphatic rings. The molecule has 9 nitrogen and oxygen atoms in total. The number of aromatic nitrogens is 3. The van der Waals surface area contributed by atoms with E-state index >= 15 is 0 Å². The monoisotopic (exact) mass is 349 g/mol. The highest BCUT2D eigenvalue weighted by Gasteiger charge is 2.13. The second-order valence-corrected chi connectivity index (χ2v) is 5.38. The van der Waals surface area contributed by atoms with Crippen LogP contribution in [0.15, 0.2) is 35.1 Å². The number of thiocarbonyl (C=S) groups is 1. The van der Waals surface area contributed by atoms with Crippen molar-refractivity contribution in [2.24, 2.45) is 0 Å². The Hall–Kier alpha value is -2.88. The van der Waals surface area contributed by atoms with Crippen LogP contribution in [-0.2, 0) is 17.8 Å². The maximum atomic E-state index is 11.9. The predicted molar refractivity (Wildman–Crippen MR) is 94.6 cm³/mol. The van der Waals surface area contributed by atoms with Gasteiger partial charge in [-0.3, -0.25) is 15.6 Å². The number of amides is 1. The lowest BCUT2D eigenvalue weighted by Crippen LogP contribution is -2.46. The van der Waals surface area contributed by atoms with Gasteiger partial charge < -0.3 is 11.2 Å². The Morgan fingerprint density at radius 1 is 1.29 bits per heavy atom. The summed E-state index contributed by atoms with van der Waals surface area (Å²) < 4.78 is 1.96. The quantitative estimate of drug-likeness (QED) is 0.333. The number of aryl methyl sites for hydroxylation is 1. The number of hydrazine groups is 1. The van der Waals surface area contributed by atoms with Crippen LogP contribution in [0.3, 0.4) is 0 Å². The fourth-order valence-electron chi connectivity index (χ4n) is 1.95. The van der Waals surface area contributed by atoms with E-state index in [0.29, 0.717) is 12.2 Å². The van der Waals surface area contributed by atoms with Crippen molar-refractivity contribution < 1.29 is 4.79 Å². The van der Waals surface area contributed by atoms with Gasteiger partial charge in [0.15, 0.2) is 10.9 Å². The summed E-state index contributed by atoms with van der Waals surface area (Å²) in [5.74, 6) is 5.57.